The van der Waals surface area contributed by atoms with Gasteiger partial charge in [-0.15, -0.1) is 0 Å². The summed E-state index contributed by atoms with van der Waals surface area (Å²) in [5.74, 6) is -2.13. The number of nitrogens with one attached hydrogen (secondary N) is 3. The van der Waals surface area contributed by atoms with Gasteiger partial charge < -0.3 is 48.7 Å². The maximum Gasteiger partial charge on any atom is 0.416 e. The lowest BCUT2D eigenvalue weighted by atomic mass is 9.97. The van der Waals surface area contributed by atoms with Crippen molar-refractivity contribution in [2.24, 2.45) is 22.9 Å². The van der Waals surface area contributed by atoms with Gasteiger partial charge >= 0.3 is 12.4 Å². The first-order chi connectivity index (χ1) is 29.8. The highest BCUT2D eigenvalue weighted by Crippen LogP contribution is 2.36. The van der Waals surface area contributed by atoms with Crippen LogP contribution in [-0.2, 0) is 21.9 Å². The summed E-state index contributed by atoms with van der Waals surface area (Å²) in [4.78, 5) is 53.9. The molecular formula is C44H45F6N9O4. The van der Waals surface area contributed by atoms with Crippen LogP contribution < -0.4 is 38.9 Å². The largest absolute Gasteiger partial charge is 0.416 e. The van der Waals surface area contributed by atoms with Gasteiger partial charge in [0.25, 0.3) is 11.8 Å². The average Bonchev–Trinajstić information content (AvgIpc) is 3.72. The zero-order chi connectivity index (χ0) is 45.6. The van der Waals surface area contributed by atoms with E-state index >= 15 is 0 Å². The third-order valence-corrected chi connectivity index (χ3v) is 10.6. The van der Waals surface area contributed by atoms with Crippen LogP contribution in [0.1, 0.15) is 67.9 Å². The molecule has 4 amide bonds. The molecule has 0 saturated heterocycles. The first-order valence-electron chi connectivity index (χ1n) is 19.8. The highest BCUT2D eigenvalue weighted by atomic mass is 19.4. The van der Waals surface area contributed by atoms with Gasteiger partial charge in [-0.1, -0.05) is 36.4 Å². The van der Waals surface area contributed by atoms with Crippen LogP contribution in [-0.4, -0.2) is 72.7 Å². The maximum absolute atomic E-state index is 13.8. The molecule has 0 fully saturated rings. The second kappa shape index (κ2) is 19.1. The first-order valence-corrected chi connectivity index (χ1v) is 19.8. The number of nitrogens with two attached hydrogens (primary N) is 4. The van der Waals surface area contributed by atoms with E-state index in [0.29, 0.717) is 48.5 Å². The molecule has 19 heteroatoms. The molecule has 63 heavy (non-hydrogen) atoms. The molecule has 0 bridgehead atoms. The molecule has 0 aliphatic carbocycles. The van der Waals surface area contributed by atoms with Crippen molar-refractivity contribution in [3.63, 3.8) is 0 Å². The predicted octanol–water partition coefficient (Wildman–Crippen LogP) is 5.41. The lowest BCUT2D eigenvalue weighted by molar-refractivity contribution is -0.138. The summed E-state index contributed by atoms with van der Waals surface area (Å²) in [5, 5.41) is 9.24. The predicted molar refractivity (Wildman–Crippen MR) is 223 cm³/mol. The Balaban J connectivity index is 1.06. The second-order valence-corrected chi connectivity index (χ2v) is 15.0. The zero-order valence-electron chi connectivity index (χ0n) is 33.7. The molecule has 0 radical (unpaired) electrons. The molecule has 2 heterocycles. The van der Waals surface area contributed by atoms with Gasteiger partial charge in [0.15, 0.2) is 0 Å². The van der Waals surface area contributed by atoms with E-state index in [1.807, 2.05) is 0 Å². The van der Waals surface area contributed by atoms with Gasteiger partial charge in [-0.25, -0.2) is 0 Å². The molecule has 0 saturated carbocycles. The highest BCUT2D eigenvalue weighted by molar-refractivity contribution is 6.00. The van der Waals surface area contributed by atoms with Crippen molar-refractivity contribution in [2.75, 3.05) is 49.9 Å². The number of anilines is 2. The standard InChI is InChI=1S/C44H45F6N9O4/c45-43(46,47)29-5-1-7-31(21-29)56-33-23-58(41(62)35(33)37(51)25-9-13-27(14-10-25)39(53)60)19-3-17-55-18-4-20-59-24-34(57-32-8-2-6-30(22-32)44(48,49)50)36(42(59)63)38(52)26-11-15-28(16-12-26)40(54)61/h1-2,5-16,21-22,37-38,55-57H,3-4,17-20,23-24,51-52H2,(H2,53,60)(H2,54,61). The van der Waals surface area contributed by atoms with E-state index in [9.17, 15) is 45.5 Å². The molecule has 4 aromatic carbocycles. The third-order valence-electron chi connectivity index (χ3n) is 10.6. The van der Waals surface area contributed by atoms with Crippen molar-refractivity contribution in [3.05, 3.63) is 153 Å². The Labute approximate surface area is 358 Å². The van der Waals surface area contributed by atoms with Crippen molar-refractivity contribution >= 4 is 35.0 Å². The molecular weight excluding hydrogens is 833 g/mol. The van der Waals surface area contributed by atoms with Gasteiger partial charge in [-0.3, -0.25) is 19.2 Å². The van der Waals surface area contributed by atoms with Crippen LogP contribution in [0, 0.1) is 0 Å². The number of halogens is 6. The number of rotatable bonds is 18. The number of hydrogen-bond donors (Lipinski definition) is 7. The maximum atomic E-state index is 13.8. The van der Waals surface area contributed by atoms with Crippen molar-refractivity contribution in [1.29, 1.82) is 0 Å². The summed E-state index contributed by atoms with van der Waals surface area (Å²) in [6.07, 6.45) is -8.23. The number of hydrogen-bond acceptors (Lipinski definition) is 9. The van der Waals surface area contributed by atoms with Crippen molar-refractivity contribution < 1.29 is 45.5 Å². The lowest BCUT2D eigenvalue weighted by Gasteiger charge is -2.19. The molecule has 0 aromatic heterocycles. The SMILES string of the molecule is NC(=O)c1ccc(C(N)C2=C(Nc3cccc(C(F)(F)F)c3)CN(CCCNCCCN3CC(Nc4cccc(C(F)(F)F)c4)=C(C(N)c4ccc(C(N)=O)cc4)C3=O)C2=O)cc1. The minimum absolute atomic E-state index is 0.0399. The zero-order valence-corrected chi connectivity index (χ0v) is 33.7. The van der Waals surface area contributed by atoms with E-state index in [0.717, 1.165) is 24.3 Å². The number of carbonyl (C=O) groups excluding carboxylic acids is 4. The monoisotopic (exact) mass is 877 g/mol. The first kappa shape index (κ1) is 45.8. The molecule has 2 aliphatic heterocycles. The van der Waals surface area contributed by atoms with E-state index in [1.54, 1.807) is 24.3 Å². The minimum atomic E-state index is -4.59. The smallest absolute Gasteiger partial charge is 0.366 e. The van der Waals surface area contributed by atoms with E-state index < -0.39 is 59.2 Å². The highest BCUT2D eigenvalue weighted by Gasteiger charge is 2.37. The van der Waals surface area contributed by atoms with Gasteiger partial charge in [0, 0.05) is 47.0 Å². The number of alkyl halides is 6. The molecule has 2 unspecified atom stereocenters. The average molecular weight is 878 g/mol. The van der Waals surface area contributed by atoms with Crippen molar-refractivity contribution in [2.45, 2.75) is 37.3 Å². The summed E-state index contributed by atoms with van der Waals surface area (Å²) < 4.78 is 81.0. The summed E-state index contributed by atoms with van der Waals surface area (Å²) in [6.45, 7) is 1.50. The van der Waals surface area contributed by atoms with E-state index in [2.05, 4.69) is 16.0 Å². The van der Waals surface area contributed by atoms with E-state index in [1.165, 1.54) is 58.3 Å². The van der Waals surface area contributed by atoms with Gasteiger partial charge in [0.2, 0.25) is 11.8 Å². The topological polar surface area (TPSA) is 215 Å². The molecule has 2 atom stereocenters. The molecule has 332 valence electrons. The minimum Gasteiger partial charge on any atom is -0.366 e. The fourth-order valence-corrected chi connectivity index (χ4v) is 7.36. The van der Waals surface area contributed by atoms with Crippen LogP contribution in [0.15, 0.2) is 120 Å². The number of primary amides is 2. The lowest BCUT2D eigenvalue weighted by Crippen LogP contribution is -2.34. The molecule has 6 rings (SSSR count). The Hall–Kier alpha value is -6.70. The number of nitrogens with zero attached hydrogens (tertiary/aromatic N) is 2. The van der Waals surface area contributed by atoms with Gasteiger partial charge in [0.05, 0.1) is 47.4 Å². The van der Waals surface area contributed by atoms with Crippen LogP contribution in [0.2, 0.25) is 0 Å². The van der Waals surface area contributed by atoms with E-state index in [4.69, 9.17) is 22.9 Å². The van der Waals surface area contributed by atoms with Gasteiger partial charge in [-0.05, 0) is 97.7 Å². The Bertz CT molecular complexity index is 2250. The van der Waals surface area contributed by atoms with Gasteiger partial charge in [-0.2, -0.15) is 26.3 Å². The Morgan fingerprint density at radius 3 is 1.29 bits per heavy atom. The van der Waals surface area contributed by atoms with Crippen LogP contribution >= 0.6 is 0 Å². The fraction of sp³-hybridized carbons (Fsp3) is 0.273. The van der Waals surface area contributed by atoms with Crippen LogP contribution in [0.3, 0.4) is 0 Å². The summed E-state index contributed by atoms with van der Waals surface area (Å²) in [7, 11) is 0. The fourth-order valence-electron chi connectivity index (χ4n) is 7.36. The molecule has 4 aromatic rings. The molecule has 11 N–H and O–H groups in total. The van der Waals surface area contributed by atoms with Crippen LogP contribution in [0.4, 0.5) is 37.7 Å². The summed E-state index contributed by atoms with van der Waals surface area (Å²) in [5.41, 5.74) is 24.7. The molecule has 0 spiro atoms. The van der Waals surface area contributed by atoms with Crippen LogP contribution in [0.5, 0.6) is 0 Å². The van der Waals surface area contributed by atoms with Crippen molar-refractivity contribution in [3.8, 4) is 0 Å². The Kier molecular flexibility index (Phi) is 13.9. The third kappa shape index (κ3) is 11.0. The second-order valence-electron chi connectivity index (χ2n) is 15.0. The van der Waals surface area contributed by atoms with E-state index in [-0.39, 0.29) is 59.8 Å². The summed E-state index contributed by atoms with van der Waals surface area (Å²) in [6, 6.07) is 19.3. The quantitative estimate of drug-likeness (QED) is 0.0502. The van der Waals surface area contributed by atoms with Gasteiger partial charge in [0.1, 0.15) is 0 Å². The number of carbonyl (C=O) groups is 4. The summed E-state index contributed by atoms with van der Waals surface area (Å²) >= 11 is 0. The van der Waals surface area contributed by atoms with Crippen LogP contribution in [0.25, 0.3) is 0 Å². The number of benzene rings is 4. The van der Waals surface area contributed by atoms with Crippen molar-refractivity contribution in [1.82, 2.24) is 15.1 Å². The Morgan fingerprint density at radius 2 is 0.952 bits per heavy atom. The Morgan fingerprint density at radius 1 is 0.587 bits per heavy atom. The molecule has 2 aliphatic rings. The number of amides is 4. The normalized spacial score (nSPS) is 15.6. The molecule has 13 nitrogen and oxygen atoms in total.